The van der Waals surface area contributed by atoms with Crippen LogP contribution in [0.4, 0.5) is 23.7 Å². The monoisotopic (exact) mass is 474 g/mol. The number of alkyl halides is 3. The molecule has 180 valence electrons. The van der Waals surface area contributed by atoms with E-state index in [0.717, 1.165) is 36.0 Å². The van der Waals surface area contributed by atoms with Crippen LogP contribution >= 0.6 is 0 Å². The number of morpholine rings is 1. The quantitative estimate of drug-likeness (QED) is 0.559. The maximum absolute atomic E-state index is 13.4. The number of benzene rings is 2. The normalized spacial score (nSPS) is 14.8. The number of hydrogen-bond acceptors (Lipinski definition) is 5. The Morgan fingerprint density at radius 3 is 2.71 bits per heavy atom. The molecule has 10 heteroatoms. The first kappa shape index (κ1) is 23.8. The highest BCUT2D eigenvalue weighted by Gasteiger charge is 2.31. The maximum atomic E-state index is 13.4. The number of ether oxygens (including phenoxy) is 2. The SMILES string of the molecule is NC(=O)N(Cc1ccc(C(F)(F)F)cc1OCCN1CCOCC1)c1cccc2cnccc12. The van der Waals surface area contributed by atoms with Crippen molar-refractivity contribution in [2.75, 3.05) is 44.4 Å². The van der Waals surface area contributed by atoms with Crippen LogP contribution in [0.5, 0.6) is 5.75 Å². The van der Waals surface area contributed by atoms with Crippen LogP contribution in [0.3, 0.4) is 0 Å². The molecule has 0 spiro atoms. The van der Waals surface area contributed by atoms with E-state index in [1.807, 2.05) is 6.07 Å². The Morgan fingerprint density at radius 1 is 1.18 bits per heavy atom. The van der Waals surface area contributed by atoms with Gasteiger partial charge >= 0.3 is 12.2 Å². The van der Waals surface area contributed by atoms with Gasteiger partial charge in [-0.25, -0.2) is 4.79 Å². The number of halogens is 3. The molecular weight excluding hydrogens is 449 g/mol. The topological polar surface area (TPSA) is 80.9 Å². The molecule has 1 aromatic heterocycles. The van der Waals surface area contributed by atoms with Crippen molar-refractivity contribution in [2.45, 2.75) is 12.7 Å². The number of carbonyl (C=O) groups excluding carboxylic acids is 1. The zero-order chi connectivity index (χ0) is 24.1. The summed E-state index contributed by atoms with van der Waals surface area (Å²) < 4.78 is 51.2. The fraction of sp³-hybridized carbons (Fsp3) is 0.333. The predicted octanol–water partition coefficient (Wildman–Crippen LogP) is 4.05. The summed E-state index contributed by atoms with van der Waals surface area (Å²) in [6, 6.07) is 9.66. The number of rotatable bonds is 7. The molecule has 1 saturated heterocycles. The second-order valence-electron chi connectivity index (χ2n) is 7.92. The molecule has 0 unspecified atom stereocenters. The van der Waals surface area contributed by atoms with Crippen LogP contribution in [0.15, 0.2) is 54.9 Å². The first-order valence-electron chi connectivity index (χ1n) is 10.9. The number of carbonyl (C=O) groups is 1. The molecule has 34 heavy (non-hydrogen) atoms. The Bertz CT molecular complexity index is 1140. The van der Waals surface area contributed by atoms with Gasteiger partial charge in [0.05, 0.1) is 31.0 Å². The van der Waals surface area contributed by atoms with Gasteiger partial charge < -0.3 is 15.2 Å². The van der Waals surface area contributed by atoms with Crippen molar-refractivity contribution < 1.29 is 27.4 Å². The van der Waals surface area contributed by atoms with Gasteiger partial charge in [0.1, 0.15) is 12.4 Å². The van der Waals surface area contributed by atoms with Gasteiger partial charge in [0.15, 0.2) is 0 Å². The minimum atomic E-state index is -4.52. The van der Waals surface area contributed by atoms with E-state index < -0.39 is 17.8 Å². The number of hydrogen-bond donors (Lipinski definition) is 1. The summed E-state index contributed by atoms with van der Waals surface area (Å²) in [5, 5.41) is 1.55. The van der Waals surface area contributed by atoms with Gasteiger partial charge in [0, 0.05) is 48.4 Å². The minimum absolute atomic E-state index is 0.0538. The second-order valence-corrected chi connectivity index (χ2v) is 7.92. The molecular formula is C24H25F3N4O3. The summed E-state index contributed by atoms with van der Waals surface area (Å²) in [6.45, 7) is 3.40. The molecule has 1 fully saturated rings. The minimum Gasteiger partial charge on any atom is -0.492 e. The van der Waals surface area contributed by atoms with Crippen LogP contribution in [0.2, 0.25) is 0 Å². The number of anilines is 1. The molecule has 1 aliphatic rings. The van der Waals surface area contributed by atoms with Crippen LogP contribution in [-0.4, -0.2) is 55.4 Å². The smallest absolute Gasteiger partial charge is 0.416 e. The lowest BCUT2D eigenvalue weighted by Gasteiger charge is -2.27. The maximum Gasteiger partial charge on any atom is 0.416 e. The highest BCUT2D eigenvalue weighted by molar-refractivity contribution is 6.02. The summed E-state index contributed by atoms with van der Waals surface area (Å²) in [4.78, 5) is 19.9. The number of pyridine rings is 1. The lowest BCUT2D eigenvalue weighted by atomic mass is 10.1. The van der Waals surface area contributed by atoms with Gasteiger partial charge in [-0.2, -0.15) is 13.2 Å². The summed E-state index contributed by atoms with van der Waals surface area (Å²) >= 11 is 0. The molecule has 1 aliphatic heterocycles. The Hall–Kier alpha value is -3.37. The lowest BCUT2D eigenvalue weighted by Crippen LogP contribution is -2.38. The van der Waals surface area contributed by atoms with Crippen molar-refractivity contribution in [3.8, 4) is 5.75 Å². The summed E-state index contributed by atoms with van der Waals surface area (Å²) in [5.41, 5.74) is 5.82. The van der Waals surface area contributed by atoms with E-state index in [2.05, 4.69) is 9.88 Å². The van der Waals surface area contributed by atoms with Crippen LogP contribution in [0.25, 0.3) is 10.8 Å². The number of aromatic nitrogens is 1. The average Bonchev–Trinajstić information content (AvgIpc) is 2.83. The number of nitrogens with two attached hydrogens (primary N) is 1. The van der Waals surface area contributed by atoms with Gasteiger partial charge in [-0.1, -0.05) is 18.2 Å². The fourth-order valence-electron chi connectivity index (χ4n) is 3.90. The third kappa shape index (κ3) is 5.57. The molecule has 2 aromatic carbocycles. The van der Waals surface area contributed by atoms with Crippen LogP contribution in [0.1, 0.15) is 11.1 Å². The number of nitrogens with zero attached hydrogens (tertiary/aromatic N) is 3. The van der Waals surface area contributed by atoms with Gasteiger partial charge in [0.2, 0.25) is 0 Å². The number of amides is 2. The standard InChI is InChI=1S/C24H25F3N4O3/c25-24(26,27)19-5-4-18(22(14-19)34-13-10-30-8-11-33-12-9-30)16-31(23(28)32)21-3-1-2-17-15-29-7-6-20(17)21/h1-7,14-15H,8-13,16H2,(H2,28,32). The summed E-state index contributed by atoms with van der Waals surface area (Å²) in [7, 11) is 0. The number of urea groups is 1. The highest BCUT2D eigenvalue weighted by Crippen LogP contribution is 2.35. The van der Waals surface area contributed by atoms with E-state index >= 15 is 0 Å². The van der Waals surface area contributed by atoms with E-state index in [0.29, 0.717) is 31.0 Å². The molecule has 4 rings (SSSR count). The van der Waals surface area contributed by atoms with Crippen LogP contribution < -0.4 is 15.4 Å². The summed E-state index contributed by atoms with van der Waals surface area (Å²) in [6.07, 6.45) is -1.26. The van der Waals surface area contributed by atoms with Gasteiger partial charge in [-0.15, -0.1) is 0 Å². The van der Waals surface area contributed by atoms with Crippen molar-refractivity contribution in [1.29, 1.82) is 0 Å². The Kier molecular flexibility index (Phi) is 7.18. The van der Waals surface area contributed by atoms with Crippen molar-refractivity contribution >= 4 is 22.5 Å². The van der Waals surface area contributed by atoms with Crippen LogP contribution in [-0.2, 0) is 17.5 Å². The van der Waals surface area contributed by atoms with Crippen molar-refractivity contribution in [2.24, 2.45) is 5.73 Å². The van der Waals surface area contributed by atoms with Crippen LogP contribution in [0, 0.1) is 0 Å². The van der Waals surface area contributed by atoms with Gasteiger partial charge in [0.25, 0.3) is 0 Å². The second kappa shape index (κ2) is 10.3. The van der Waals surface area contributed by atoms with E-state index in [9.17, 15) is 18.0 Å². The third-order valence-electron chi connectivity index (χ3n) is 5.71. The molecule has 2 N–H and O–H groups in total. The van der Waals surface area contributed by atoms with E-state index in [4.69, 9.17) is 15.2 Å². The van der Waals surface area contributed by atoms with E-state index in [1.54, 1.807) is 30.6 Å². The molecule has 7 nitrogen and oxygen atoms in total. The molecule has 0 aliphatic carbocycles. The van der Waals surface area contributed by atoms with Crippen molar-refractivity contribution in [3.05, 3.63) is 66.0 Å². The lowest BCUT2D eigenvalue weighted by molar-refractivity contribution is -0.137. The molecule has 2 amide bonds. The van der Waals surface area contributed by atoms with E-state index in [-0.39, 0.29) is 18.9 Å². The predicted molar refractivity (Wildman–Crippen MR) is 122 cm³/mol. The third-order valence-corrected chi connectivity index (χ3v) is 5.71. The molecule has 0 atom stereocenters. The molecule has 0 saturated carbocycles. The molecule has 3 aromatic rings. The number of primary amides is 1. The van der Waals surface area contributed by atoms with Gasteiger partial charge in [-0.05, 0) is 24.3 Å². The first-order chi connectivity index (χ1) is 16.3. The Morgan fingerprint density at radius 2 is 1.97 bits per heavy atom. The summed E-state index contributed by atoms with van der Waals surface area (Å²) in [5.74, 6) is 0.0660. The molecule has 0 radical (unpaired) electrons. The first-order valence-corrected chi connectivity index (χ1v) is 10.9. The van der Waals surface area contributed by atoms with Gasteiger partial charge in [-0.3, -0.25) is 14.8 Å². The molecule has 0 bridgehead atoms. The van der Waals surface area contributed by atoms with Crippen molar-refractivity contribution in [3.63, 3.8) is 0 Å². The van der Waals surface area contributed by atoms with Crippen molar-refractivity contribution in [1.82, 2.24) is 9.88 Å². The molecule has 2 heterocycles. The zero-order valence-corrected chi connectivity index (χ0v) is 18.4. The van der Waals surface area contributed by atoms with E-state index in [1.165, 1.54) is 11.0 Å². The largest absolute Gasteiger partial charge is 0.492 e. The Balaban J connectivity index is 1.62. The highest BCUT2D eigenvalue weighted by atomic mass is 19.4. The fourth-order valence-corrected chi connectivity index (χ4v) is 3.90. The number of fused-ring (bicyclic) bond motifs is 1. The average molecular weight is 474 g/mol. The Labute approximate surface area is 194 Å². The zero-order valence-electron chi connectivity index (χ0n) is 18.4.